The molecule has 0 unspecified atom stereocenters. The van der Waals surface area contributed by atoms with Crippen LogP contribution in [0.1, 0.15) is 0 Å². The largest absolute Gasteiger partial charge is 0.454 e. The Labute approximate surface area is 110 Å². The van der Waals surface area contributed by atoms with E-state index in [0.29, 0.717) is 17.3 Å². The van der Waals surface area contributed by atoms with Crippen molar-refractivity contribution in [2.45, 2.75) is 0 Å². The van der Waals surface area contributed by atoms with Gasteiger partial charge in [0.2, 0.25) is 6.79 Å². The van der Waals surface area contributed by atoms with Crippen molar-refractivity contribution in [3.8, 4) is 22.9 Å². The zero-order valence-corrected chi connectivity index (χ0v) is 10.0. The second-order valence-corrected chi connectivity index (χ2v) is 4.29. The van der Waals surface area contributed by atoms with Crippen molar-refractivity contribution in [2.24, 2.45) is 0 Å². The number of rotatable bonds is 1. The molecule has 8 nitrogen and oxygen atoms in total. The number of fused-ring (bicyclic) bond motifs is 2. The number of nitrogens with one attached hydrogen (secondary N) is 3. The third-order valence-corrected chi connectivity index (χ3v) is 3.04. The van der Waals surface area contributed by atoms with E-state index in [-0.39, 0.29) is 18.0 Å². The van der Waals surface area contributed by atoms with Crippen LogP contribution in [0.15, 0.2) is 27.8 Å². The molecule has 100 valence electrons. The highest BCUT2D eigenvalue weighted by molar-refractivity contribution is 5.75. The lowest BCUT2D eigenvalue weighted by Crippen LogP contribution is -2.21. The van der Waals surface area contributed by atoms with E-state index in [2.05, 4.69) is 19.9 Å². The molecule has 1 aliphatic heterocycles. The second kappa shape index (κ2) is 3.73. The number of nitrogens with zero attached hydrogens (tertiary/aromatic N) is 1. The van der Waals surface area contributed by atoms with Gasteiger partial charge in [-0.25, -0.2) is 9.78 Å². The molecule has 1 aliphatic rings. The van der Waals surface area contributed by atoms with E-state index in [1.807, 2.05) is 0 Å². The molecule has 0 atom stereocenters. The van der Waals surface area contributed by atoms with Crippen LogP contribution in [0.5, 0.6) is 11.5 Å². The Kier molecular flexibility index (Phi) is 2.02. The van der Waals surface area contributed by atoms with Gasteiger partial charge in [-0.1, -0.05) is 0 Å². The predicted octanol–water partition coefficient (Wildman–Crippen LogP) is 0.335. The molecule has 0 fully saturated rings. The molecule has 0 saturated heterocycles. The number of ether oxygens (including phenoxy) is 2. The third-order valence-electron chi connectivity index (χ3n) is 3.04. The Morgan fingerprint density at radius 2 is 1.90 bits per heavy atom. The lowest BCUT2D eigenvalue weighted by Gasteiger charge is -1.98. The van der Waals surface area contributed by atoms with Crippen LogP contribution in [0.25, 0.3) is 22.6 Å². The number of hydrogen-bond acceptors (Lipinski definition) is 5. The van der Waals surface area contributed by atoms with Crippen LogP contribution in [0.4, 0.5) is 0 Å². The van der Waals surface area contributed by atoms with E-state index in [1.165, 1.54) is 0 Å². The first kappa shape index (κ1) is 10.9. The van der Waals surface area contributed by atoms with Gasteiger partial charge in [0, 0.05) is 5.56 Å². The lowest BCUT2D eigenvalue weighted by atomic mass is 10.2. The van der Waals surface area contributed by atoms with Crippen LogP contribution < -0.4 is 20.7 Å². The summed E-state index contributed by atoms with van der Waals surface area (Å²) in [6, 6.07) is 5.31. The van der Waals surface area contributed by atoms with Crippen molar-refractivity contribution < 1.29 is 9.47 Å². The first-order chi connectivity index (χ1) is 9.70. The van der Waals surface area contributed by atoms with Gasteiger partial charge in [0.15, 0.2) is 17.1 Å². The zero-order valence-electron chi connectivity index (χ0n) is 10.0. The molecule has 2 aromatic heterocycles. The molecule has 0 amide bonds. The molecule has 1 aromatic carbocycles. The fourth-order valence-electron chi connectivity index (χ4n) is 2.11. The lowest BCUT2D eigenvalue weighted by molar-refractivity contribution is 0.174. The summed E-state index contributed by atoms with van der Waals surface area (Å²) in [7, 11) is 0. The maximum atomic E-state index is 11.6. The average molecular weight is 272 g/mol. The van der Waals surface area contributed by atoms with E-state index in [9.17, 15) is 9.59 Å². The van der Waals surface area contributed by atoms with Crippen LogP contribution in [-0.4, -0.2) is 26.7 Å². The normalized spacial score (nSPS) is 13.0. The van der Waals surface area contributed by atoms with Gasteiger partial charge in [-0.3, -0.25) is 14.8 Å². The first-order valence-corrected chi connectivity index (χ1v) is 5.83. The Morgan fingerprint density at radius 3 is 2.80 bits per heavy atom. The van der Waals surface area contributed by atoms with Crippen molar-refractivity contribution in [2.75, 3.05) is 6.79 Å². The molecular formula is C12H8N4O4. The number of aromatic nitrogens is 4. The smallest absolute Gasteiger partial charge is 0.327 e. The van der Waals surface area contributed by atoms with Crippen LogP contribution in [0.3, 0.4) is 0 Å². The van der Waals surface area contributed by atoms with Crippen molar-refractivity contribution >= 4 is 11.2 Å². The standard InChI is InChI=1S/C12H8N4O4/c17-11-8-10(15-12(18)16-11)14-9(13-8)5-1-2-6-7(3-5)20-4-19-6/h1-3H,4H2,(H3,13,14,15,16,17,18). The van der Waals surface area contributed by atoms with E-state index in [0.717, 1.165) is 5.56 Å². The van der Waals surface area contributed by atoms with Crippen molar-refractivity contribution in [1.82, 2.24) is 19.9 Å². The highest BCUT2D eigenvalue weighted by Crippen LogP contribution is 2.35. The maximum absolute atomic E-state index is 11.6. The van der Waals surface area contributed by atoms with Crippen LogP contribution >= 0.6 is 0 Å². The highest BCUT2D eigenvalue weighted by Gasteiger charge is 2.16. The number of H-pyrrole nitrogens is 3. The Balaban J connectivity index is 1.92. The predicted molar refractivity (Wildman–Crippen MR) is 68.9 cm³/mol. The average Bonchev–Trinajstić information content (AvgIpc) is 3.03. The van der Waals surface area contributed by atoms with Crippen molar-refractivity contribution in [1.29, 1.82) is 0 Å². The number of imidazole rings is 1. The second-order valence-electron chi connectivity index (χ2n) is 4.29. The minimum absolute atomic E-state index is 0.186. The molecule has 0 radical (unpaired) electrons. The van der Waals surface area contributed by atoms with Gasteiger partial charge >= 0.3 is 5.69 Å². The van der Waals surface area contributed by atoms with Crippen molar-refractivity contribution in [3.63, 3.8) is 0 Å². The summed E-state index contributed by atoms with van der Waals surface area (Å²) in [6.45, 7) is 0.186. The van der Waals surface area contributed by atoms with Gasteiger partial charge in [-0.2, -0.15) is 0 Å². The summed E-state index contributed by atoms with van der Waals surface area (Å²) in [6.07, 6.45) is 0. The third kappa shape index (κ3) is 1.51. The van der Waals surface area contributed by atoms with Gasteiger partial charge in [-0.05, 0) is 18.2 Å². The Morgan fingerprint density at radius 1 is 1.05 bits per heavy atom. The molecule has 3 aromatic rings. The summed E-state index contributed by atoms with van der Waals surface area (Å²) in [4.78, 5) is 34.5. The molecule has 20 heavy (non-hydrogen) atoms. The number of hydrogen-bond donors (Lipinski definition) is 3. The van der Waals surface area contributed by atoms with Crippen LogP contribution in [0, 0.1) is 0 Å². The summed E-state index contributed by atoms with van der Waals surface area (Å²) >= 11 is 0. The first-order valence-electron chi connectivity index (χ1n) is 5.83. The van der Waals surface area contributed by atoms with Crippen LogP contribution in [-0.2, 0) is 0 Å². The summed E-state index contributed by atoms with van der Waals surface area (Å²) in [5.41, 5.74) is 0.0591. The van der Waals surface area contributed by atoms with E-state index < -0.39 is 11.2 Å². The van der Waals surface area contributed by atoms with Gasteiger partial charge < -0.3 is 14.5 Å². The van der Waals surface area contributed by atoms with E-state index in [1.54, 1.807) is 18.2 Å². The number of benzene rings is 1. The fourth-order valence-corrected chi connectivity index (χ4v) is 2.11. The topological polar surface area (TPSA) is 113 Å². The maximum Gasteiger partial charge on any atom is 0.327 e. The number of aromatic amines is 3. The molecule has 4 rings (SSSR count). The molecule has 0 spiro atoms. The molecule has 8 heteroatoms. The monoisotopic (exact) mass is 272 g/mol. The fraction of sp³-hybridized carbons (Fsp3) is 0.0833. The molecule has 0 saturated carbocycles. The zero-order chi connectivity index (χ0) is 13.7. The summed E-state index contributed by atoms with van der Waals surface area (Å²) in [5.74, 6) is 1.74. The van der Waals surface area contributed by atoms with Gasteiger partial charge in [0.1, 0.15) is 11.3 Å². The molecular weight excluding hydrogens is 264 g/mol. The summed E-state index contributed by atoms with van der Waals surface area (Å²) in [5, 5.41) is 0. The Bertz CT molecular complexity index is 937. The Hall–Kier alpha value is -3.03. The minimum Gasteiger partial charge on any atom is -0.454 e. The van der Waals surface area contributed by atoms with E-state index >= 15 is 0 Å². The van der Waals surface area contributed by atoms with E-state index in [4.69, 9.17) is 9.47 Å². The minimum atomic E-state index is -0.591. The summed E-state index contributed by atoms with van der Waals surface area (Å²) < 4.78 is 10.5. The van der Waals surface area contributed by atoms with Gasteiger partial charge in [-0.15, -0.1) is 0 Å². The highest BCUT2D eigenvalue weighted by atomic mass is 16.7. The molecule has 0 aliphatic carbocycles. The van der Waals surface area contributed by atoms with Gasteiger partial charge in [0.05, 0.1) is 0 Å². The van der Waals surface area contributed by atoms with Crippen LogP contribution in [0.2, 0.25) is 0 Å². The molecule has 0 bridgehead atoms. The SMILES string of the molecule is O=c1[nH]c(=O)c2[nH]c(-c3ccc4c(c3)OCO4)nc2[nH]1. The van der Waals surface area contributed by atoms with Gasteiger partial charge in [0.25, 0.3) is 5.56 Å². The molecule has 3 heterocycles. The molecule has 3 N–H and O–H groups in total. The van der Waals surface area contributed by atoms with Crippen molar-refractivity contribution in [3.05, 3.63) is 39.0 Å². The quantitative estimate of drug-likeness (QED) is 0.591.